The van der Waals surface area contributed by atoms with Gasteiger partial charge < -0.3 is 4.74 Å². The number of ether oxygens (including phenoxy) is 1. The topological polar surface area (TPSA) is 86.5 Å². The highest BCUT2D eigenvalue weighted by Gasteiger charge is 2.26. The Labute approximate surface area is 127 Å². The first-order chi connectivity index (χ1) is 9.79. The molecule has 0 amide bonds. The van der Waals surface area contributed by atoms with E-state index in [2.05, 4.69) is 0 Å². The van der Waals surface area contributed by atoms with E-state index < -0.39 is 32.3 Å². The van der Waals surface area contributed by atoms with Gasteiger partial charge in [-0.25, -0.2) is 22.7 Å². The molecule has 116 valence electrons. The van der Waals surface area contributed by atoms with Crippen molar-refractivity contribution in [2.75, 3.05) is 0 Å². The van der Waals surface area contributed by atoms with Crippen LogP contribution in [0.5, 0.6) is 0 Å². The Morgan fingerprint density at radius 3 is 2.48 bits per heavy atom. The quantitative estimate of drug-likeness (QED) is 0.860. The molecule has 1 aliphatic rings. The lowest BCUT2D eigenvalue weighted by Crippen LogP contribution is -2.23. The Morgan fingerprint density at radius 2 is 1.90 bits per heavy atom. The van der Waals surface area contributed by atoms with Crippen LogP contribution >= 0.6 is 11.6 Å². The van der Waals surface area contributed by atoms with E-state index in [0.717, 1.165) is 44.2 Å². The van der Waals surface area contributed by atoms with Crippen LogP contribution in [0.1, 0.15) is 42.5 Å². The largest absolute Gasteiger partial charge is 0.459 e. The number of sulfonamides is 1. The van der Waals surface area contributed by atoms with E-state index in [9.17, 15) is 17.6 Å². The Bertz CT molecular complexity index is 656. The van der Waals surface area contributed by atoms with Crippen LogP contribution in [0.2, 0.25) is 5.02 Å². The van der Waals surface area contributed by atoms with Crippen LogP contribution in [0.15, 0.2) is 17.0 Å². The molecule has 1 aliphatic carbocycles. The van der Waals surface area contributed by atoms with E-state index >= 15 is 0 Å². The van der Waals surface area contributed by atoms with E-state index in [1.807, 2.05) is 0 Å². The van der Waals surface area contributed by atoms with Crippen molar-refractivity contribution in [2.24, 2.45) is 5.14 Å². The zero-order chi connectivity index (χ0) is 15.6. The van der Waals surface area contributed by atoms with Crippen LogP contribution in [0.3, 0.4) is 0 Å². The summed E-state index contributed by atoms with van der Waals surface area (Å²) in [5.74, 6) is -2.16. The molecule has 1 aromatic rings. The average molecular weight is 336 g/mol. The summed E-state index contributed by atoms with van der Waals surface area (Å²) >= 11 is 5.72. The highest BCUT2D eigenvalue weighted by Crippen LogP contribution is 2.26. The Balaban J connectivity index is 2.30. The van der Waals surface area contributed by atoms with Gasteiger partial charge in [0.15, 0.2) is 5.82 Å². The minimum absolute atomic E-state index is 0.101. The normalized spacial score (nSPS) is 16.7. The standard InChI is InChI=1S/C13H15ClFNO4S/c14-8-6-10(12(15)11(7-8)21(16,18)19)13(17)20-9-4-2-1-3-5-9/h6-7,9H,1-5H2,(H2,16,18,19). The van der Waals surface area contributed by atoms with Gasteiger partial charge in [-0.2, -0.15) is 0 Å². The Hall–Kier alpha value is -1.18. The third kappa shape index (κ3) is 3.93. The highest BCUT2D eigenvalue weighted by atomic mass is 35.5. The van der Waals surface area contributed by atoms with E-state index in [4.69, 9.17) is 21.5 Å². The van der Waals surface area contributed by atoms with Crippen molar-refractivity contribution in [3.05, 3.63) is 28.5 Å². The highest BCUT2D eigenvalue weighted by molar-refractivity contribution is 7.89. The lowest BCUT2D eigenvalue weighted by molar-refractivity contribution is 0.0205. The molecule has 21 heavy (non-hydrogen) atoms. The molecule has 0 heterocycles. The van der Waals surface area contributed by atoms with E-state index in [-0.39, 0.29) is 11.1 Å². The number of primary sulfonamides is 1. The monoisotopic (exact) mass is 335 g/mol. The smallest absolute Gasteiger partial charge is 0.341 e. The summed E-state index contributed by atoms with van der Waals surface area (Å²) in [6, 6.07) is 1.90. The van der Waals surface area contributed by atoms with Crippen molar-refractivity contribution < 1.29 is 22.3 Å². The SMILES string of the molecule is NS(=O)(=O)c1cc(Cl)cc(C(=O)OC2CCCCC2)c1F. The molecule has 0 atom stereocenters. The number of halogens is 2. The molecule has 1 saturated carbocycles. The zero-order valence-electron chi connectivity index (χ0n) is 11.1. The summed E-state index contributed by atoms with van der Waals surface area (Å²) in [6.07, 6.45) is 4.13. The summed E-state index contributed by atoms with van der Waals surface area (Å²) in [5.41, 5.74) is -0.517. The first-order valence-corrected chi connectivity index (χ1v) is 8.44. The van der Waals surface area contributed by atoms with Gasteiger partial charge in [-0.1, -0.05) is 18.0 Å². The van der Waals surface area contributed by atoms with Crippen LogP contribution < -0.4 is 5.14 Å². The van der Waals surface area contributed by atoms with Gasteiger partial charge in [0.1, 0.15) is 11.0 Å². The van der Waals surface area contributed by atoms with Crippen molar-refractivity contribution >= 4 is 27.6 Å². The number of esters is 1. The van der Waals surface area contributed by atoms with Crippen LogP contribution in [0.4, 0.5) is 4.39 Å². The van der Waals surface area contributed by atoms with Crippen molar-refractivity contribution in [2.45, 2.75) is 43.1 Å². The van der Waals surface area contributed by atoms with Crippen molar-refractivity contribution in [1.29, 1.82) is 0 Å². The number of rotatable bonds is 3. The van der Waals surface area contributed by atoms with E-state index in [1.54, 1.807) is 0 Å². The molecule has 0 spiro atoms. The molecule has 1 fully saturated rings. The van der Waals surface area contributed by atoms with Gasteiger partial charge in [-0.05, 0) is 37.8 Å². The number of benzene rings is 1. The molecule has 0 bridgehead atoms. The second-order valence-corrected chi connectivity index (χ2v) is 6.94. The molecular formula is C13H15ClFNO4S. The van der Waals surface area contributed by atoms with Crippen LogP contribution in [0.25, 0.3) is 0 Å². The van der Waals surface area contributed by atoms with Crippen LogP contribution in [-0.4, -0.2) is 20.5 Å². The molecule has 1 aromatic carbocycles. The van der Waals surface area contributed by atoms with Gasteiger partial charge >= 0.3 is 5.97 Å². The zero-order valence-corrected chi connectivity index (χ0v) is 12.7. The fraction of sp³-hybridized carbons (Fsp3) is 0.462. The third-order valence-corrected chi connectivity index (χ3v) is 4.48. The predicted octanol–water partition coefficient (Wildman–Crippen LogP) is 2.62. The molecule has 8 heteroatoms. The number of carbonyl (C=O) groups is 1. The fourth-order valence-corrected chi connectivity index (χ4v) is 3.25. The van der Waals surface area contributed by atoms with Gasteiger partial charge in [0.25, 0.3) is 0 Å². The second-order valence-electron chi connectivity index (χ2n) is 4.98. The Kier molecular flexibility index (Phi) is 4.85. The van der Waals surface area contributed by atoms with Crippen LogP contribution in [0, 0.1) is 5.82 Å². The fourth-order valence-electron chi connectivity index (χ4n) is 2.32. The summed E-state index contributed by atoms with van der Waals surface area (Å²) in [5, 5.41) is 4.80. The number of carbonyl (C=O) groups excluding carboxylic acids is 1. The predicted molar refractivity (Wildman–Crippen MR) is 75.1 cm³/mol. The van der Waals surface area contributed by atoms with Gasteiger partial charge in [0.05, 0.1) is 5.56 Å². The summed E-state index contributed by atoms with van der Waals surface area (Å²) in [6.45, 7) is 0. The first-order valence-electron chi connectivity index (χ1n) is 6.52. The third-order valence-electron chi connectivity index (χ3n) is 3.36. The number of hydrogen-bond acceptors (Lipinski definition) is 4. The molecule has 5 nitrogen and oxygen atoms in total. The molecule has 0 unspecified atom stereocenters. The lowest BCUT2D eigenvalue weighted by Gasteiger charge is -2.22. The summed E-state index contributed by atoms with van der Waals surface area (Å²) < 4.78 is 41.9. The number of hydrogen-bond donors (Lipinski definition) is 1. The molecule has 0 aromatic heterocycles. The molecule has 0 saturated heterocycles. The summed E-state index contributed by atoms with van der Waals surface area (Å²) in [7, 11) is -4.31. The van der Waals surface area contributed by atoms with E-state index in [1.165, 1.54) is 0 Å². The molecule has 2 rings (SSSR count). The van der Waals surface area contributed by atoms with Gasteiger partial charge in [0, 0.05) is 5.02 Å². The molecule has 2 N–H and O–H groups in total. The Morgan fingerprint density at radius 1 is 1.29 bits per heavy atom. The van der Waals surface area contributed by atoms with Crippen LogP contribution in [-0.2, 0) is 14.8 Å². The van der Waals surface area contributed by atoms with Crippen molar-refractivity contribution in [3.8, 4) is 0 Å². The maximum absolute atomic E-state index is 14.1. The minimum atomic E-state index is -4.31. The maximum Gasteiger partial charge on any atom is 0.341 e. The molecule has 0 radical (unpaired) electrons. The maximum atomic E-state index is 14.1. The average Bonchev–Trinajstić information content (AvgIpc) is 2.40. The molecular weight excluding hydrogens is 321 g/mol. The van der Waals surface area contributed by atoms with Crippen molar-refractivity contribution in [3.63, 3.8) is 0 Å². The van der Waals surface area contributed by atoms with Gasteiger partial charge in [-0.3, -0.25) is 0 Å². The molecule has 0 aliphatic heterocycles. The number of nitrogens with two attached hydrogens (primary N) is 1. The first kappa shape index (κ1) is 16.2. The van der Waals surface area contributed by atoms with E-state index in [0.29, 0.717) is 0 Å². The lowest BCUT2D eigenvalue weighted by atomic mass is 9.98. The second kappa shape index (κ2) is 6.29. The van der Waals surface area contributed by atoms with Crippen molar-refractivity contribution in [1.82, 2.24) is 0 Å². The van der Waals surface area contributed by atoms with Gasteiger partial charge in [0.2, 0.25) is 10.0 Å². The summed E-state index contributed by atoms with van der Waals surface area (Å²) in [4.78, 5) is 11.2. The van der Waals surface area contributed by atoms with Gasteiger partial charge in [-0.15, -0.1) is 0 Å². The minimum Gasteiger partial charge on any atom is -0.459 e.